The van der Waals surface area contributed by atoms with E-state index >= 15 is 0 Å². The smallest absolute Gasteiger partial charge is 0.429 e. The molecule has 0 aliphatic carbocycles. The van der Waals surface area contributed by atoms with E-state index in [2.05, 4.69) is 39.7 Å². The highest BCUT2D eigenvalue weighted by Gasteiger charge is 2.47. The summed E-state index contributed by atoms with van der Waals surface area (Å²) in [6.07, 6.45) is -5.54. The summed E-state index contributed by atoms with van der Waals surface area (Å²) in [5.41, 5.74) is -7.88. The van der Waals surface area contributed by atoms with Crippen LogP contribution in [0.2, 0.25) is 0 Å². The molecule has 12 rings (SSSR count). The normalized spacial score (nSPS) is 19.5. The molecule has 674 valence electrons. The number of alkyl halides is 8. The molecule has 9 nitrogen and oxygen atoms in total. The number of hydrogen-bond donors (Lipinski definition) is 0. The van der Waals surface area contributed by atoms with Gasteiger partial charge in [0.1, 0.15) is 138 Å². The molecule has 0 radical (unpaired) electrons. The summed E-state index contributed by atoms with van der Waals surface area (Å²) in [4.78, 5) is 0. The lowest BCUT2D eigenvalue weighted by atomic mass is 9.90. The average molecular weight is 1770 g/mol. The van der Waals surface area contributed by atoms with E-state index in [1.165, 1.54) is 0 Å². The van der Waals surface area contributed by atoms with Crippen LogP contribution in [-0.4, -0.2) is 33.0 Å². The Labute approximate surface area is 695 Å². The van der Waals surface area contributed by atoms with Crippen LogP contribution in [-0.2, 0) is 48.1 Å². The van der Waals surface area contributed by atoms with E-state index in [0.29, 0.717) is 131 Å². The summed E-state index contributed by atoms with van der Waals surface area (Å²) in [5.74, 6) is -23.6. The van der Waals surface area contributed by atoms with Crippen LogP contribution in [0.1, 0.15) is 228 Å². The maximum Gasteiger partial charge on any atom is 0.432 e. The van der Waals surface area contributed by atoms with Gasteiger partial charge in [0.25, 0.3) is 0 Å². The molecule has 123 heavy (non-hydrogen) atoms. The third-order valence-electron chi connectivity index (χ3n) is 21.5. The first kappa shape index (κ1) is 97.9. The van der Waals surface area contributed by atoms with Gasteiger partial charge in [-0.15, -0.1) is 0 Å². The Balaban J connectivity index is 0.000000186. The molecule has 0 spiro atoms. The first-order chi connectivity index (χ1) is 58.0. The van der Waals surface area contributed by atoms with E-state index in [-0.39, 0.29) is 44.9 Å². The lowest BCUT2D eigenvalue weighted by molar-refractivity contribution is -0.206. The maximum absolute atomic E-state index is 14.6. The van der Waals surface area contributed by atoms with Crippen molar-refractivity contribution in [3.05, 3.63) is 257 Å². The standard InChI is InChI=1S/C24H26F6O2.C23H24F6O2.C22H22F6O2.C21H20F6O3/c1-3-4-5-6-15-7-8-22(31-13-15)16-9-20(27)23(21(28)10-16)24(29,30)32-17-11-18(25)14(2)19(26)12-17;1-3-4-5-14-6-7-21(30-12-14)15-8-19(26)22(20(27)9-15)23(28,29)31-16-10-17(24)13(2)18(25)11-16;1-3-4-13-5-6-20(29-11-13)14-7-18(25)21(19(26)8-14)22(27,28)30-15-9-16(23)12(2)17(24)10-15;1-3-4-12-9-28-20(29-10-12)13-5-17(24)19(18(25)6-13)21(26,27)30-14-7-15(22)11(2)16(23)8-14/h9-12,15,22H,3-8,13H2,1-2H3;8-11,14,21H,3-7,12H2,1-2H3;7-10,13,20H,3-6,11H2,1-2H3;5-8,12,20H,3-4,9-10H2,1-2H3. The second-order valence-electron chi connectivity index (χ2n) is 30.8. The Morgan fingerprint density at radius 3 is 0.699 bits per heavy atom. The summed E-state index contributed by atoms with van der Waals surface area (Å²) < 4.78 is 386. The van der Waals surface area contributed by atoms with Crippen LogP contribution in [0.4, 0.5) is 105 Å². The van der Waals surface area contributed by atoms with Crippen LogP contribution in [0.15, 0.2) is 97.1 Å². The number of unbranched alkanes of at least 4 members (excludes halogenated alkanes) is 3. The third kappa shape index (κ3) is 25.5. The van der Waals surface area contributed by atoms with Crippen LogP contribution in [0, 0.1) is 144 Å². The monoisotopic (exact) mass is 1770 g/mol. The van der Waals surface area contributed by atoms with Gasteiger partial charge in [0.2, 0.25) is 0 Å². The number of benzene rings is 8. The topological polar surface area (TPSA) is 83.1 Å². The van der Waals surface area contributed by atoms with E-state index < -0.39 is 193 Å². The van der Waals surface area contributed by atoms with Gasteiger partial charge in [-0.1, -0.05) is 72.6 Å². The number of rotatable bonds is 27. The van der Waals surface area contributed by atoms with Crippen LogP contribution in [0.5, 0.6) is 23.0 Å². The number of halogens is 24. The molecule has 6 atom stereocenters. The quantitative estimate of drug-likeness (QED) is 0.0369. The lowest BCUT2D eigenvalue weighted by Gasteiger charge is -2.30. The van der Waals surface area contributed by atoms with Crippen molar-refractivity contribution in [2.45, 2.75) is 214 Å². The largest absolute Gasteiger partial charge is 0.432 e. The van der Waals surface area contributed by atoms with Crippen molar-refractivity contribution < 1.29 is 148 Å². The summed E-state index contributed by atoms with van der Waals surface area (Å²) in [7, 11) is 0. The van der Waals surface area contributed by atoms with Crippen molar-refractivity contribution >= 4 is 0 Å². The Morgan fingerprint density at radius 2 is 0.472 bits per heavy atom. The third-order valence-corrected chi connectivity index (χ3v) is 21.5. The zero-order chi connectivity index (χ0) is 90.3. The summed E-state index contributed by atoms with van der Waals surface area (Å²) in [6, 6.07) is 10.3. The molecule has 4 aliphatic heterocycles. The van der Waals surface area contributed by atoms with Crippen LogP contribution >= 0.6 is 0 Å². The second-order valence-corrected chi connectivity index (χ2v) is 30.8. The highest BCUT2D eigenvalue weighted by molar-refractivity contribution is 5.39. The fourth-order valence-corrected chi connectivity index (χ4v) is 14.5. The highest BCUT2D eigenvalue weighted by Crippen LogP contribution is 2.46. The predicted molar refractivity (Wildman–Crippen MR) is 404 cm³/mol. The second kappa shape index (κ2) is 42.8. The zero-order valence-corrected chi connectivity index (χ0v) is 68.2. The molecule has 4 aliphatic rings. The van der Waals surface area contributed by atoms with Crippen LogP contribution in [0.25, 0.3) is 0 Å². The van der Waals surface area contributed by atoms with Crippen molar-refractivity contribution in [2.75, 3.05) is 33.0 Å². The lowest BCUT2D eigenvalue weighted by Crippen LogP contribution is -2.28. The van der Waals surface area contributed by atoms with Crippen molar-refractivity contribution in [3.8, 4) is 23.0 Å². The van der Waals surface area contributed by atoms with Crippen LogP contribution in [0.3, 0.4) is 0 Å². The SMILES string of the molecule is CCCC1CCC(c2cc(F)c(C(F)(F)Oc3cc(F)c(C)c(F)c3)c(F)c2)OC1.CCCC1COC(c2cc(F)c(C(F)(F)Oc3cc(F)c(C)c(F)c3)c(F)c2)OC1.CCCCC1CCC(c2cc(F)c(C(F)(F)Oc3cc(F)c(C)c(F)c3)c(F)c2)OC1.CCCCCC1CCC(c2cc(F)c(C(F)(F)Oc3cc(F)c(C)c(F)c3)c(F)c2)OC1. The maximum atomic E-state index is 14.6. The van der Waals surface area contributed by atoms with Gasteiger partial charge in [0.05, 0.1) is 51.3 Å². The van der Waals surface area contributed by atoms with Gasteiger partial charge in [-0.3, -0.25) is 0 Å². The molecule has 33 heteroatoms. The fraction of sp³-hybridized carbons (Fsp3) is 0.467. The first-order valence-electron chi connectivity index (χ1n) is 40.1. The predicted octanol–water partition coefficient (Wildman–Crippen LogP) is 28.2. The molecular weight excluding hydrogens is 1680 g/mol. The first-order valence-corrected chi connectivity index (χ1v) is 40.1. The van der Waals surface area contributed by atoms with E-state index in [9.17, 15) is 105 Å². The Hall–Kier alpha value is -8.92. The van der Waals surface area contributed by atoms with Gasteiger partial charge in [-0.25, -0.2) is 70.2 Å². The van der Waals surface area contributed by atoms with Crippen molar-refractivity contribution in [3.63, 3.8) is 0 Å². The minimum absolute atomic E-state index is 0.105. The van der Waals surface area contributed by atoms with Gasteiger partial charge in [0, 0.05) is 82.3 Å². The molecule has 0 amide bonds. The molecule has 0 bridgehead atoms. The molecule has 8 aromatic carbocycles. The number of hydrogen-bond acceptors (Lipinski definition) is 9. The van der Waals surface area contributed by atoms with Gasteiger partial charge >= 0.3 is 24.4 Å². The molecule has 4 saturated heterocycles. The van der Waals surface area contributed by atoms with Crippen molar-refractivity contribution in [2.24, 2.45) is 23.7 Å². The molecule has 0 saturated carbocycles. The zero-order valence-electron chi connectivity index (χ0n) is 68.2. The van der Waals surface area contributed by atoms with E-state index in [1.54, 1.807) is 0 Å². The molecule has 0 aromatic heterocycles. The summed E-state index contributed by atoms with van der Waals surface area (Å²) in [6.45, 7) is 14.7. The van der Waals surface area contributed by atoms with Gasteiger partial charge in [-0.2, -0.15) is 35.1 Å². The molecule has 6 unspecified atom stereocenters. The van der Waals surface area contributed by atoms with Crippen molar-refractivity contribution in [1.29, 1.82) is 0 Å². The van der Waals surface area contributed by atoms with Gasteiger partial charge in [-0.05, 0) is 175 Å². The minimum Gasteiger partial charge on any atom is -0.429 e. The van der Waals surface area contributed by atoms with Crippen LogP contribution < -0.4 is 18.9 Å². The highest BCUT2D eigenvalue weighted by atomic mass is 19.3. The van der Waals surface area contributed by atoms with E-state index in [0.717, 1.165) is 154 Å². The Kier molecular flexibility index (Phi) is 34.1. The molecule has 4 fully saturated rings. The fourth-order valence-electron chi connectivity index (χ4n) is 14.5. The van der Waals surface area contributed by atoms with Gasteiger partial charge in [0.15, 0.2) is 6.29 Å². The van der Waals surface area contributed by atoms with Crippen molar-refractivity contribution in [1.82, 2.24) is 0 Å². The number of ether oxygens (including phenoxy) is 9. The minimum atomic E-state index is -4.53. The Morgan fingerprint density at radius 1 is 0.252 bits per heavy atom. The molecule has 8 aromatic rings. The van der Waals surface area contributed by atoms with E-state index in [4.69, 9.17) is 23.7 Å². The molecular formula is C90H92F24O9. The average Bonchev–Trinajstić information content (AvgIpc) is 0.790. The summed E-state index contributed by atoms with van der Waals surface area (Å²) in [5, 5.41) is 0. The Bertz CT molecular complexity index is 4550. The molecule has 4 heterocycles. The van der Waals surface area contributed by atoms with E-state index in [1.807, 2.05) is 6.92 Å². The van der Waals surface area contributed by atoms with Gasteiger partial charge < -0.3 is 42.6 Å². The molecule has 0 N–H and O–H groups in total. The summed E-state index contributed by atoms with van der Waals surface area (Å²) >= 11 is 0.